The minimum atomic E-state index is -0.990. The van der Waals surface area contributed by atoms with Crippen molar-refractivity contribution in [3.63, 3.8) is 0 Å². The van der Waals surface area contributed by atoms with Crippen molar-refractivity contribution in [2.75, 3.05) is 26.8 Å². The van der Waals surface area contributed by atoms with Crippen LogP contribution in [0, 0.1) is 0 Å². The lowest BCUT2D eigenvalue weighted by Crippen LogP contribution is -2.43. The van der Waals surface area contributed by atoms with E-state index in [2.05, 4.69) is 10.6 Å². The first kappa shape index (κ1) is 28.4. The quantitative estimate of drug-likeness (QED) is 0.230. The van der Waals surface area contributed by atoms with Crippen molar-refractivity contribution in [3.8, 4) is 11.5 Å². The molecule has 0 saturated heterocycles. The molecule has 0 aliphatic rings. The van der Waals surface area contributed by atoms with E-state index in [1.807, 2.05) is 37.4 Å². The number of ether oxygens (including phenoxy) is 3. The van der Waals surface area contributed by atoms with Crippen LogP contribution in [-0.4, -0.2) is 50.7 Å². The number of nitrogens with one attached hydrogen (secondary N) is 2. The Balaban J connectivity index is 2.33. The van der Waals surface area contributed by atoms with E-state index in [0.29, 0.717) is 6.61 Å². The van der Waals surface area contributed by atoms with E-state index in [1.54, 1.807) is 6.92 Å². The zero-order chi connectivity index (χ0) is 25.8. The zero-order valence-corrected chi connectivity index (χ0v) is 21.5. The van der Waals surface area contributed by atoms with Crippen LogP contribution >= 0.6 is 23.2 Å². The van der Waals surface area contributed by atoms with E-state index in [-0.39, 0.29) is 40.1 Å². The molecule has 2 N–H and O–H groups in total. The Morgan fingerprint density at radius 2 is 1.77 bits per heavy atom. The van der Waals surface area contributed by atoms with Gasteiger partial charge in [0.2, 0.25) is 0 Å². The number of carbonyl (C=O) groups is 3. The number of unbranched alkanes of at least 4 members (excludes halogenated alkanes) is 1. The normalized spacial score (nSPS) is 11.5. The molecule has 1 atom stereocenters. The van der Waals surface area contributed by atoms with Crippen molar-refractivity contribution in [1.82, 2.24) is 10.6 Å². The van der Waals surface area contributed by atoms with Crippen LogP contribution in [0.4, 0.5) is 0 Å². The molecule has 1 amide bonds. The van der Waals surface area contributed by atoms with Gasteiger partial charge in [-0.15, -0.1) is 0 Å². The third-order valence-corrected chi connectivity index (χ3v) is 5.47. The molecule has 0 fully saturated rings. The Labute approximate surface area is 215 Å². The second kappa shape index (κ2) is 14.6. The van der Waals surface area contributed by atoms with Gasteiger partial charge in [-0.05, 0) is 45.0 Å². The van der Waals surface area contributed by atoms with Gasteiger partial charge in [-0.3, -0.25) is 9.59 Å². The monoisotopic (exact) mass is 524 g/mol. The molecule has 0 aliphatic heterocycles. The van der Waals surface area contributed by atoms with Crippen molar-refractivity contribution in [3.05, 3.63) is 57.6 Å². The lowest BCUT2D eigenvalue weighted by molar-refractivity contribution is -0.145. The predicted molar refractivity (Wildman–Crippen MR) is 134 cm³/mol. The average Bonchev–Trinajstić information content (AvgIpc) is 2.82. The van der Waals surface area contributed by atoms with Crippen LogP contribution in [0.15, 0.2) is 36.4 Å². The molecule has 0 saturated carbocycles. The summed E-state index contributed by atoms with van der Waals surface area (Å²) in [5.74, 6) is -2.09. The zero-order valence-electron chi connectivity index (χ0n) is 20.0. The van der Waals surface area contributed by atoms with Crippen molar-refractivity contribution in [1.29, 1.82) is 0 Å². The molecule has 0 heterocycles. The first-order valence-electron chi connectivity index (χ1n) is 11.3. The average molecular weight is 525 g/mol. The third-order valence-electron chi connectivity index (χ3n) is 4.85. The van der Waals surface area contributed by atoms with Gasteiger partial charge in [-0.25, -0.2) is 4.79 Å². The summed E-state index contributed by atoms with van der Waals surface area (Å²) < 4.78 is 16.1. The molecule has 2 rings (SSSR count). The standard InChI is InChI=1S/C25H30Cl2N2O6/c1-4-33-25(32)20(14-17-10-6-5-7-11-17)29-24(31)18-15-19(26)23(34-13-9-8-12-28-3)21(27)22(18)35-16(2)30/h5-7,10-11,15,20,28H,4,8-9,12-14H2,1-3H3,(H,29,31)/t20-/m0/s1. The number of rotatable bonds is 13. The molecule has 0 aromatic heterocycles. The molecule has 2 aromatic carbocycles. The first-order valence-corrected chi connectivity index (χ1v) is 12.0. The largest absolute Gasteiger partial charge is 0.490 e. The van der Waals surface area contributed by atoms with Crippen molar-refractivity contribution in [2.45, 2.75) is 39.2 Å². The summed E-state index contributed by atoms with van der Waals surface area (Å²) in [7, 11) is 1.86. The van der Waals surface area contributed by atoms with Gasteiger partial charge >= 0.3 is 11.9 Å². The van der Waals surface area contributed by atoms with Gasteiger partial charge in [0.15, 0.2) is 11.5 Å². The number of carbonyl (C=O) groups excluding carboxylic acids is 3. The van der Waals surface area contributed by atoms with Crippen LogP contribution in [-0.2, 0) is 20.7 Å². The summed E-state index contributed by atoms with van der Waals surface area (Å²) in [6, 6.07) is 9.48. The number of halogens is 2. The summed E-state index contributed by atoms with van der Waals surface area (Å²) >= 11 is 12.8. The van der Waals surface area contributed by atoms with E-state index in [9.17, 15) is 14.4 Å². The summed E-state index contributed by atoms with van der Waals surface area (Å²) in [5.41, 5.74) is 0.712. The lowest BCUT2D eigenvalue weighted by Gasteiger charge is -2.20. The van der Waals surface area contributed by atoms with Crippen LogP contribution in [0.5, 0.6) is 11.5 Å². The molecule has 0 spiro atoms. The fourth-order valence-corrected chi connectivity index (χ4v) is 3.83. The van der Waals surface area contributed by atoms with Gasteiger partial charge in [0.1, 0.15) is 11.1 Å². The van der Waals surface area contributed by atoms with Crippen LogP contribution in [0.25, 0.3) is 0 Å². The SMILES string of the molecule is CCOC(=O)[C@H](Cc1ccccc1)NC(=O)c1cc(Cl)c(OCCCCNC)c(Cl)c1OC(C)=O. The minimum absolute atomic E-state index is 0.0698. The molecule has 35 heavy (non-hydrogen) atoms. The van der Waals surface area contributed by atoms with E-state index in [1.165, 1.54) is 13.0 Å². The van der Waals surface area contributed by atoms with E-state index in [0.717, 1.165) is 24.9 Å². The molecule has 0 radical (unpaired) electrons. The van der Waals surface area contributed by atoms with Gasteiger partial charge in [-0.2, -0.15) is 0 Å². The van der Waals surface area contributed by atoms with Crippen molar-refractivity contribution < 1.29 is 28.6 Å². The second-order valence-electron chi connectivity index (χ2n) is 7.60. The van der Waals surface area contributed by atoms with Gasteiger partial charge in [-0.1, -0.05) is 53.5 Å². The Morgan fingerprint density at radius 3 is 2.40 bits per heavy atom. The molecular weight excluding hydrogens is 495 g/mol. The third kappa shape index (κ3) is 8.72. The highest BCUT2D eigenvalue weighted by Crippen LogP contribution is 2.43. The van der Waals surface area contributed by atoms with E-state index in [4.69, 9.17) is 37.4 Å². The minimum Gasteiger partial charge on any atom is -0.490 e. The van der Waals surface area contributed by atoms with Crippen molar-refractivity contribution >= 4 is 41.0 Å². The number of hydrogen-bond acceptors (Lipinski definition) is 7. The van der Waals surface area contributed by atoms with Crippen LogP contribution in [0.1, 0.15) is 42.6 Å². The molecule has 0 unspecified atom stereocenters. The van der Waals surface area contributed by atoms with Gasteiger partial charge in [0.25, 0.3) is 5.91 Å². The van der Waals surface area contributed by atoms with E-state index < -0.39 is 23.9 Å². The number of benzene rings is 2. The van der Waals surface area contributed by atoms with Gasteiger partial charge in [0.05, 0.1) is 23.8 Å². The highest BCUT2D eigenvalue weighted by Gasteiger charge is 2.28. The maximum atomic E-state index is 13.2. The van der Waals surface area contributed by atoms with Crippen LogP contribution in [0.3, 0.4) is 0 Å². The molecule has 2 aromatic rings. The Kier molecular flexibility index (Phi) is 11.8. The molecule has 0 bridgehead atoms. The van der Waals surface area contributed by atoms with Crippen LogP contribution < -0.4 is 20.1 Å². The fraction of sp³-hybridized carbons (Fsp3) is 0.400. The summed E-state index contributed by atoms with van der Waals surface area (Å²) in [6.07, 6.45) is 1.81. The lowest BCUT2D eigenvalue weighted by atomic mass is 10.0. The molecule has 10 heteroatoms. The molecule has 8 nitrogen and oxygen atoms in total. The smallest absolute Gasteiger partial charge is 0.328 e. The number of hydrogen-bond donors (Lipinski definition) is 2. The second-order valence-corrected chi connectivity index (χ2v) is 8.38. The molecule has 190 valence electrons. The predicted octanol–water partition coefficient (Wildman–Crippen LogP) is 4.20. The Bertz CT molecular complexity index is 1020. The Hall–Kier alpha value is -2.81. The topological polar surface area (TPSA) is 103 Å². The van der Waals surface area contributed by atoms with Gasteiger partial charge in [0, 0.05) is 13.3 Å². The maximum Gasteiger partial charge on any atom is 0.328 e. The highest BCUT2D eigenvalue weighted by atomic mass is 35.5. The Morgan fingerprint density at radius 1 is 1.06 bits per heavy atom. The van der Waals surface area contributed by atoms with Crippen molar-refractivity contribution in [2.24, 2.45) is 0 Å². The van der Waals surface area contributed by atoms with E-state index >= 15 is 0 Å². The van der Waals surface area contributed by atoms with Gasteiger partial charge < -0.3 is 24.8 Å². The maximum absolute atomic E-state index is 13.2. The first-order chi connectivity index (χ1) is 16.8. The highest BCUT2D eigenvalue weighted by molar-refractivity contribution is 6.39. The van der Waals surface area contributed by atoms with Crippen LogP contribution in [0.2, 0.25) is 10.0 Å². The molecular formula is C25H30Cl2N2O6. The summed E-state index contributed by atoms with van der Waals surface area (Å²) in [6.45, 7) is 4.16. The number of amides is 1. The fourth-order valence-electron chi connectivity index (χ4n) is 3.23. The number of esters is 2. The molecule has 0 aliphatic carbocycles. The summed E-state index contributed by atoms with van der Waals surface area (Å²) in [5, 5.41) is 5.65. The summed E-state index contributed by atoms with van der Waals surface area (Å²) in [4.78, 5) is 37.5.